The van der Waals surface area contributed by atoms with Crippen LogP contribution in [0.25, 0.3) is 0 Å². The number of hydrogen-bond donors (Lipinski definition) is 1. The molecule has 1 aliphatic carbocycles. The van der Waals surface area contributed by atoms with Gasteiger partial charge in [0.15, 0.2) is 0 Å². The van der Waals surface area contributed by atoms with Crippen LogP contribution in [0.1, 0.15) is 59.3 Å². The van der Waals surface area contributed by atoms with Crippen molar-refractivity contribution in [1.29, 1.82) is 0 Å². The molecule has 0 aromatic carbocycles. The highest BCUT2D eigenvalue weighted by atomic mass is 14.9. The molecule has 1 saturated carbocycles. The van der Waals surface area contributed by atoms with Crippen LogP contribution >= 0.6 is 0 Å². The fourth-order valence-electron chi connectivity index (χ4n) is 2.52. The molecule has 14 heavy (non-hydrogen) atoms. The predicted molar refractivity (Wildman–Crippen MR) is 63.5 cm³/mol. The van der Waals surface area contributed by atoms with Crippen LogP contribution in [0.5, 0.6) is 0 Å². The highest BCUT2D eigenvalue weighted by molar-refractivity contribution is 4.79. The Hall–Kier alpha value is -0.0400. The standard InChI is InChI=1S/C13H27N/c1-4-5-9-14-13-10-11(2)7-6-8-12(13)3/h11-14H,4-10H2,1-3H3/t11?,12-,13?/m1/s1. The first-order valence-electron chi connectivity index (χ1n) is 6.47. The van der Waals surface area contributed by atoms with Gasteiger partial charge in [-0.1, -0.05) is 40.0 Å². The summed E-state index contributed by atoms with van der Waals surface area (Å²) < 4.78 is 0. The van der Waals surface area contributed by atoms with Crippen molar-refractivity contribution in [2.24, 2.45) is 11.8 Å². The first kappa shape index (κ1) is 12.0. The van der Waals surface area contributed by atoms with E-state index in [1.54, 1.807) is 0 Å². The number of rotatable bonds is 4. The average Bonchev–Trinajstić information content (AvgIpc) is 2.30. The quantitative estimate of drug-likeness (QED) is 0.536. The summed E-state index contributed by atoms with van der Waals surface area (Å²) in [6.07, 6.45) is 8.34. The highest BCUT2D eigenvalue weighted by Crippen LogP contribution is 2.26. The molecule has 1 fully saturated rings. The van der Waals surface area contributed by atoms with Gasteiger partial charge in [0.2, 0.25) is 0 Å². The van der Waals surface area contributed by atoms with Crippen LogP contribution in [0.15, 0.2) is 0 Å². The zero-order valence-electron chi connectivity index (χ0n) is 10.2. The summed E-state index contributed by atoms with van der Waals surface area (Å²) in [4.78, 5) is 0. The Kier molecular flexibility index (Phi) is 5.54. The predicted octanol–water partition coefficient (Wildman–Crippen LogP) is 3.59. The third-order valence-corrected chi connectivity index (χ3v) is 3.64. The summed E-state index contributed by atoms with van der Waals surface area (Å²) >= 11 is 0. The maximum absolute atomic E-state index is 3.74. The summed E-state index contributed by atoms with van der Waals surface area (Å²) in [5, 5.41) is 3.74. The molecule has 0 saturated heterocycles. The fourth-order valence-corrected chi connectivity index (χ4v) is 2.52. The summed E-state index contributed by atoms with van der Waals surface area (Å²) in [5.74, 6) is 1.82. The first-order chi connectivity index (χ1) is 6.74. The van der Waals surface area contributed by atoms with Gasteiger partial charge in [0.25, 0.3) is 0 Å². The maximum atomic E-state index is 3.74. The Bertz CT molecular complexity index is 144. The first-order valence-corrected chi connectivity index (χ1v) is 6.47. The molecular formula is C13H27N. The summed E-state index contributed by atoms with van der Waals surface area (Å²) in [7, 11) is 0. The van der Waals surface area contributed by atoms with Crippen LogP contribution in [-0.4, -0.2) is 12.6 Å². The highest BCUT2D eigenvalue weighted by Gasteiger charge is 2.22. The molecule has 0 spiro atoms. The second-order valence-electron chi connectivity index (χ2n) is 5.16. The van der Waals surface area contributed by atoms with Crippen LogP contribution in [0, 0.1) is 11.8 Å². The lowest BCUT2D eigenvalue weighted by atomic mass is 9.94. The minimum Gasteiger partial charge on any atom is -0.314 e. The Morgan fingerprint density at radius 2 is 2.00 bits per heavy atom. The topological polar surface area (TPSA) is 12.0 Å². The molecule has 1 nitrogen and oxygen atoms in total. The molecule has 0 aliphatic heterocycles. The smallest absolute Gasteiger partial charge is 0.00952 e. The molecule has 0 bridgehead atoms. The zero-order chi connectivity index (χ0) is 10.4. The minimum absolute atomic E-state index is 0.791. The minimum atomic E-state index is 0.791. The van der Waals surface area contributed by atoms with E-state index in [1.807, 2.05) is 0 Å². The molecule has 0 heterocycles. The van der Waals surface area contributed by atoms with Crippen molar-refractivity contribution < 1.29 is 0 Å². The van der Waals surface area contributed by atoms with Crippen molar-refractivity contribution in [3.8, 4) is 0 Å². The van der Waals surface area contributed by atoms with Crippen molar-refractivity contribution >= 4 is 0 Å². The molecule has 1 rings (SSSR count). The van der Waals surface area contributed by atoms with E-state index in [0.29, 0.717) is 0 Å². The lowest BCUT2D eigenvalue weighted by Gasteiger charge is -2.24. The van der Waals surface area contributed by atoms with Gasteiger partial charge in [-0.25, -0.2) is 0 Å². The molecule has 0 aromatic rings. The summed E-state index contributed by atoms with van der Waals surface area (Å²) in [5.41, 5.74) is 0. The zero-order valence-corrected chi connectivity index (χ0v) is 10.2. The molecule has 0 aromatic heterocycles. The molecule has 84 valence electrons. The molecule has 3 atom stereocenters. The normalized spacial score (nSPS) is 34.1. The van der Waals surface area contributed by atoms with E-state index in [2.05, 4.69) is 26.1 Å². The van der Waals surface area contributed by atoms with Crippen molar-refractivity contribution in [3.63, 3.8) is 0 Å². The van der Waals surface area contributed by atoms with Gasteiger partial charge in [-0.2, -0.15) is 0 Å². The van der Waals surface area contributed by atoms with Crippen molar-refractivity contribution in [3.05, 3.63) is 0 Å². The van der Waals surface area contributed by atoms with Crippen molar-refractivity contribution in [2.75, 3.05) is 6.54 Å². The maximum Gasteiger partial charge on any atom is 0.00952 e. The monoisotopic (exact) mass is 197 g/mol. The Balaban J connectivity index is 2.30. The van der Waals surface area contributed by atoms with Gasteiger partial charge >= 0.3 is 0 Å². The molecule has 1 heteroatoms. The summed E-state index contributed by atoms with van der Waals surface area (Å²) in [6, 6.07) is 0.791. The lowest BCUT2D eigenvalue weighted by molar-refractivity contribution is 0.334. The van der Waals surface area contributed by atoms with E-state index < -0.39 is 0 Å². The van der Waals surface area contributed by atoms with Gasteiger partial charge in [0, 0.05) is 6.04 Å². The average molecular weight is 197 g/mol. The fraction of sp³-hybridized carbons (Fsp3) is 1.00. The molecule has 1 aliphatic rings. The van der Waals surface area contributed by atoms with Gasteiger partial charge in [0.1, 0.15) is 0 Å². The molecular weight excluding hydrogens is 170 g/mol. The third kappa shape index (κ3) is 4.00. The van der Waals surface area contributed by atoms with Gasteiger partial charge < -0.3 is 5.32 Å². The van der Waals surface area contributed by atoms with Crippen LogP contribution in [0.3, 0.4) is 0 Å². The number of nitrogens with one attached hydrogen (secondary N) is 1. The molecule has 2 unspecified atom stereocenters. The Morgan fingerprint density at radius 1 is 1.21 bits per heavy atom. The second kappa shape index (κ2) is 6.44. The third-order valence-electron chi connectivity index (χ3n) is 3.64. The van der Waals surface area contributed by atoms with Crippen LogP contribution in [0.2, 0.25) is 0 Å². The molecule has 1 N–H and O–H groups in total. The van der Waals surface area contributed by atoms with E-state index >= 15 is 0 Å². The van der Waals surface area contributed by atoms with Gasteiger partial charge in [-0.05, 0) is 37.6 Å². The van der Waals surface area contributed by atoms with Gasteiger partial charge in [0.05, 0.1) is 0 Å². The largest absolute Gasteiger partial charge is 0.314 e. The summed E-state index contributed by atoms with van der Waals surface area (Å²) in [6.45, 7) is 8.31. The van der Waals surface area contributed by atoms with Crippen molar-refractivity contribution in [2.45, 2.75) is 65.3 Å². The van der Waals surface area contributed by atoms with Gasteiger partial charge in [-0.15, -0.1) is 0 Å². The van der Waals surface area contributed by atoms with E-state index in [4.69, 9.17) is 0 Å². The van der Waals surface area contributed by atoms with E-state index in [-0.39, 0.29) is 0 Å². The lowest BCUT2D eigenvalue weighted by Crippen LogP contribution is -2.35. The van der Waals surface area contributed by atoms with Gasteiger partial charge in [-0.3, -0.25) is 0 Å². The van der Waals surface area contributed by atoms with E-state index in [1.165, 1.54) is 45.1 Å². The molecule has 0 radical (unpaired) electrons. The van der Waals surface area contributed by atoms with Crippen molar-refractivity contribution in [1.82, 2.24) is 5.32 Å². The van der Waals surface area contributed by atoms with Crippen LogP contribution < -0.4 is 5.32 Å². The number of unbranched alkanes of at least 4 members (excludes halogenated alkanes) is 1. The van der Waals surface area contributed by atoms with E-state index in [0.717, 1.165) is 17.9 Å². The molecule has 0 amide bonds. The van der Waals surface area contributed by atoms with Crippen LogP contribution in [0.4, 0.5) is 0 Å². The number of hydrogen-bond acceptors (Lipinski definition) is 1. The Labute approximate surface area is 89.7 Å². The van der Waals surface area contributed by atoms with E-state index in [9.17, 15) is 0 Å². The second-order valence-corrected chi connectivity index (χ2v) is 5.16. The van der Waals surface area contributed by atoms with Crippen LogP contribution in [-0.2, 0) is 0 Å². The Morgan fingerprint density at radius 3 is 2.71 bits per heavy atom. The SMILES string of the molecule is CCCCNC1CC(C)CCC[C@H]1C.